The zero-order chi connectivity index (χ0) is 20.1. The van der Waals surface area contributed by atoms with E-state index in [9.17, 15) is 0 Å². The van der Waals surface area contributed by atoms with E-state index in [1.807, 2.05) is 12.3 Å². The van der Waals surface area contributed by atoms with E-state index in [-0.39, 0.29) is 0 Å². The van der Waals surface area contributed by atoms with Crippen molar-refractivity contribution < 1.29 is 9.47 Å². The maximum Gasteiger partial charge on any atom is 0.174 e. The quantitative estimate of drug-likeness (QED) is 0.293. The number of hydrogen-bond acceptors (Lipinski definition) is 3. The predicted molar refractivity (Wildman–Crippen MR) is 124 cm³/mol. The zero-order valence-corrected chi connectivity index (χ0v) is 18.8. The van der Waals surface area contributed by atoms with E-state index in [0.29, 0.717) is 12.4 Å². The lowest BCUT2D eigenvalue weighted by Gasteiger charge is -2.14. The first-order valence-corrected chi connectivity index (χ1v) is 10.2. The summed E-state index contributed by atoms with van der Waals surface area (Å²) in [5.74, 6) is 1.47. The normalized spacial score (nSPS) is 11.0. The van der Waals surface area contributed by atoms with Gasteiger partial charge in [-0.2, -0.15) is 0 Å². The molecule has 28 heavy (non-hydrogen) atoms. The third-order valence-electron chi connectivity index (χ3n) is 4.47. The Hall–Kier alpha value is -2.34. The molecule has 0 atom stereocenters. The Morgan fingerprint density at radius 2 is 1.64 bits per heavy atom. The van der Waals surface area contributed by atoms with Gasteiger partial charge in [0.1, 0.15) is 6.61 Å². The Kier molecular flexibility index (Phi) is 6.73. The Labute approximate surface area is 180 Å². The first-order valence-electron chi connectivity index (χ1n) is 9.13. The SMILES string of the molecule is COc1cc(C=Nc2cc(C)ccc2C)cc(I)c1OCc1ccc(C)cc1. The van der Waals surface area contributed by atoms with Crippen LogP contribution in [0, 0.1) is 24.3 Å². The van der Waals surface area contributed by atoms with Crippen LogP contribution in [-0.2, 0) is 6.61 Å². The summed E-state index contributed by atoms with van der Waals surface area (Å²) in [4.78, 5) is 4.66. The summed E-state index contributed by atoms with van der Waals surface area (Å²) < 4.78 is 12.6. The van der Waals surface area contributed by atoms with Crippen LogP contribution in [0.4, 0.5) is 5.69 Å². The molecule has 3 aromatic carbocycles. The Bertz CT molecular complexity index is 994. The average molecular weight is 485 g/mol. The van der Waals surface area contributed by atoms with Crippen molar-refractivity contribution in [2.24, 2.45) is 4.99 Å². The second-order valence-electron chi connectivity index (χ2n) is 6.86. The molecule has 0 unspecified atom stereocenters. The molecule has 0 aliphatic heterocycles. The molecule has 0 aliphatic rings. The van der Waals surface area contributed by atoms with Crippen molar-refractivity contribution in [2.75, 3.05) is 7.11 Å². The van der Waals surface area contributed by atoms with E-state index < -0.39 is 0 Å². The van der Waals surface area contributed by atoms with E-state index in [4.69, 9.17) is 9.47 Å². The molecule has 3 aromatic rings. The number of nitrogens with zero attached hydrogens (tertiary/aromatic N) is 1. The smallest absolute Gasteiger partial charge is 0.174 e. The van der Waals surface area contributed by atoms with Gasteiger partial charge < -0.3 is 9.47 Å². The highest BCUT2D eigenvalue weighted by Crippen LogP contribution is 2.34. The number of benzene rings is 3. The molecule has 0 aromatic heterocycles. The molecule has 4 heteroatoms. The minimum atomic E-state index is 0.503. The maximum absolute atomic E-state index is 6.06. The molecule has 0 N–H and O–H groups in total. The molecule has 0 saturated heterocycles. The first-order chi connectivity index (χ1) is 13.5. The van der Waals surface area contributed by atoms with E-state index >= 15 is 0 Å². The minimum absolute atomic E-state index is 0.503. The lowest BCUT2D eigenvalue weighted by Crippen LogP contribution is -2.01. The van der Waals surface area contributed by atoms with Gasteiger partial charge in [0.05, 0.1) is 16.4 Å². The molecule has 3 rings (SSSR count). The van der Waals surface area contributed by atoms with Crippen LogP contribution in [0.5, 0.6) is 11.5 Å². The van der Waals surface area contributed by atoms with Gasteiger partial charge in [0, 0.05) is 6.21 Å². The first kappa shape index (κ1) is 20.4. The molecule has 0 aliphatic carbocycles. The lowest BCUT2D eigenvalue weighted by molar-refractivity contribution is 0.282. The van der Waals surface area contributed by atoms with Crippen LogP contribution < -0.4 is 9.47 Å². The van der Waals surface area contributed by atoms with Crippen molar-refractivity contribution in [3.05, 3.63) is 86.0 Å². The van der Waals surface area contributed by atoms with Gasteiger partial charge in [-0.25, -0.2) is 0 Å². The number of methoxy groups -OCH3 is 1. The van der Waals surface area contributed by atoms with Gasteiger partial charge in [0.15, 0.2) is 11.5 Å². The molecule has 0 radical (unpaired) electrons. The van der Waals surface area contributed by atoms with Gasteiger partial charge >= 0.3 is 0 Å². The molecule has 0 amide bonds. The molecule has 0 spiro atoms. The van der Waals surface area contributed by atoms with Crippen LogP contribution in [0.2, 0.25) is 0 Å². The topological polar surface area (TPSA) is 30.8 Å². The number of hydrogen-bond donors (Lipinski definition) is 0. The summed E-state index contributed by atoms with van der Waals surface area (Å²) in [6.07, 6.45) is 1.87. The van der Waals surface area contributed by atoms with Crippen LogP contribution in [0.25, 0.3) is 0 Å². The van der Waals surface area contributed by atoms with Gasteiger partial charge in [-0.1, -0.05) is 42.0 Å². The van der Waals surface area contributed by atoms with Gasteiger partial charge in [0.25, 0.3) is 0 Å². The largest absolute Gasteiger partial charge is 0.493 e. The molecule has 3 nitrogen and oxygen atoms in total. The van der Waals surface area contributed by atoms with Crippen molar-refractivity contribution in [3.8, 4) is 11.5 Å². The summed E-state index contributed by atoms with van der Waals surface area (Å²) in [5, 5.41) is 0. The second-order valence-corrected chi connectivity index (χ2v) is 8.02. The van der Waals surface area contributed by atoms with Gasteiger partial charge in [-0.3, -0.25) is 4.99 Å². The Morgan fingerprint density at radius 3 is 2.36 bits per heavy atom. The van der Waals surface area contributed by atoms with Crippen LogP contribution >= 0.6 is 22.6 Å². The van der Waals surface area contributed by atoms with E-state index in [2.05, 4.69) is 96.9 Å². The number of aliphatic imine (C=N–C) groups is 1. The van der Waals surface area contributed by atoms with Crippen molar-refractivity contribution >= 4 is 34.5 Å². The highest BCUT2D eigenvalue weighted by molar-refractivity contribution is 14.1. The van der Waals surface area contributed by atoms with Crippen molar-refractivity contribution in [1.82, 2.24) is 0 Å². The van der Waals surface area contributed by atoms with E-state index in [0.717, 1.165) is 31.7 Å². The molecule has 0 saturated carbocycles. The summed E-state index contributed by atoms with van der Waals surface area (Å²) in [5.41, 5.74) is 6.68. The highest BCUT2D eigenvalue weighted by Gasteiger charge is 2.11. The fourth-order valence-corrected chi connectivity index (χ4v) is 3.58. The molecule has 0 bridgehead atoms. The van der Waals surface area contributed by atoms with Gasteiger partial charge in [-0.05, 0) is 83.8 Å². The number of rotatable bonds is 6. The number of aryl methyl sites for hydroxylation is 3. The van der Waals surface area contributed by atoms with Gasteiger partial charge in [-0.15, -0.1) is 0 Å². The second kappa shape index (κ2) is 9.24. The summed E-state index contributed by atoms with van der Waals surface area (Å²) in [6.45, 7) is 6.72. The lowest BCUT2D eigenvalue weighted by atomic mass is 10.1. The van der Waals surface area contributed by atoms with Crippen LogP contribution in [0.3, 0.4) is 0 Å². The monoisotopic (exact) mass is 485 g/mol. The standard InChI is InChI=1S/C24H24INO2/c1-16-6-9-19(10-7-16)15-28-24-21(25)12-20(13-23(24)27-4)14-26-22-11-17(2)5-8-18(22)3/h5-14H,15H2,1-4H3. The molecular formula is C24H24INO2. The Balaban J connectivity index is 1.81. The van der Waals surface area contributed by atoms with E-state index in [1.54, 1.807) is 7.11 Å². The van der Waals surface area contributed by atoms with Crippen molar-refractivity contribution in [2.45, 2.75) is 27.4 Å². The zero-order valence-electron chi connectivity index (χ0n) is 16.6. The fourth-order valence-electron chi connectivity index (χ4n) is 2.80. The van der Waals surface area contributed by atoms with Crippen LogP contribution in [0.1, 0.15) is 27.8 Å². The van der Waals surface area contributed by atoms with Gasteiger partial charge in [0.2, 0.25) is 0 Å². The Morgan fingerprint density at radius 1 is 0.929 bits per heavy atom. The van der Waals surface area contributed by atoms with Crippen molar-refractivity contribution in [3.63, 3.8) is 0 Å². The van der Waals surface area contributed by atoms with Crippen molar-refractivity contribution in [1.29, 1.82) is 0 Å². The highest BCUT2D eigenvalue weighted by atomic mass is 127. The third kappa shape index (κ3) is 5.13. The third-order valence-corrected chi connectivity index (χ3v) is 5.27. The number of halogens is 1. The average Bonchev–Trinajstić information content (AvgIpc) is 2.68. The molecule has 0 fully saturated rings. The predicted octanol–water partition coefficient (Wildman–Crippen LogP) is 6.55. The minimum Gasteiger partial charge on any atom is -0.493 e. The molecule has 144 valence electrons. The summed E-state index contributed by atoms with van der Waals surface area (Å²) in [6, 6.07) is 18.6. The maximum atomic E-state index is 6.06. The summed E-state index contributed by atoms with van der Waals surface area (Å²) >= 11 is 2.28. The molecule has 0 heterocycles. The number of ether oxygens (including phenoxy) is 2. The fraction of sp³-hybridized carbons (Fsp3) is 0.208. The molecular weight excluding hydrogens is 461 g/mol. The summed E-state index contributed by atoms with van der Waals surface area (Å²) in [7, 11) is 1.66. The van der Waals surface area contributed by atoms with E-state index in [1.165, 1.54) is 11.1 Å². The van der Waals surface area contributed by atoms with Crippen LogP contribution in [-0.4, -0.2) is 13.3 Å². The van der Waals surface area contributed by atoms with Crippen LogP contribution in [0.15, 0.2) is 59.6 Å².